The number of nitrogens with two attached hydrogens (primary N) is 1. The Morgan fingerprint density at radius 2 is 1.10 bits per heavy atom. The molecule has 1 aromatic carbocycles. The van der Waals surface area contributed by atoms with Crippen LogP contribution in [-0.2, 0) is 63.9 Å². The van der Waals surface area contributed by atoms with E-state index in [4.69, 9.17) is 10.5 Å². The first-order valence-electron chi connectivity index (χ1n) is 27.4. The molecule has 81 heavy (non-hydrogen) atoms. The number of carbonyl (C=O) groups excluding carboxylic acids is 9. The molecule has 11 atom stereocenters. The predicted octanol–water partition coefficient (Wildman–Crippen LogP) is 0.537. The van der Waals surface area contributed by atoms with Crippen molar-refractivity contribution in [2.45, 2.75) is 181 Å². The number of carboxylic acid groups (broad SMARTS) is 2. The van der Waals surface area contributed by atoms with E-state index in [1.54, 1.807) is 78.8 Å². The van der Waals surface area contributed by atoms with Crippen molar-refractivity contribution in [3.8, 4) is 0 Å². The molecule has 1 rings (SSSR count). The van der Waals surface area contributed by atoms with Crippen LogP contribution in [0.15, 0.2) is 30.3 Å². The molecule has 0 aromatic heterocycles. The van der Waals surface area contributed by atoms with Crippen LogP contribution in [0.1, 0.15) is 114 Å². The maximum Gasteiger partial charge on any atom is 0.326 e. The van der Waals surface area contributed by atoms with Crippen molar-refractivity contribution < 1.29 is 72.8 Å². The number of aliphatic hydroxyl groups excluding tert-OH is 1. The number of aliphatic carboxylic acids is 2. The minimum Gasteiger partial charge on any atom is -0.481 e. The SMILES string of the molecule is CC[C@H](C)[C@@H](C(=O)N[C@@H](CC(=O)O)C(=O)O)N(C)C(=O)[C@H](COC(C)(C)C)NC(=O)[C@H](CC(C)C)N(C)C(=O)CN(C)C(=O)[C@@H](NC(=O)[C@H](CC(C)C)N(C)C(=O)[C@H](Cc1ccccc1)N(C)C(=O)[C@H](C)N(C)C(=O)[C@H](C)N)[C@@H](C)O. The second kappa shape index (κ2) is 32.6. The van der Waals surface area contributed by atoms with Crippen molar-refractivity contribution in [1.82, 2.24) is 45.3 Å². The number of carboxylic acids is 2. The van der Waals surface area contributed by atoms with Gasteiger partial charge < -0.3 is 71.1 Å². The van der Waals surface area contributed by atoms with Gasteiger partial charge in [-0.2, -0.15) is 0 Å². The summed E-state index contributed by atoms with van der Waals surface area (Å²) in [4.78, 5) is 157. The van der Waals surface area contributed by atoms with Crippen LogP contribution >= 0.6 is 0 Å². The Morgan fingerprint density at radius 1 is 0.605 bits per heavy atom. The van der Waals surface area contributed by atoms with Gasteiger partial charge in [0.25, 0.3) is 0 Å². The molecule has 0 unspecified atom stereocenters. The number of aliphatic hydroxyl groups is 1. The topological polar surface area (TPSA) is 339 Å². The zero-order valence-electron chi connectivity index (χ0n) is 50.8. The smallest absolute Gasteiger partial charge is 0.326 e. The summed E-state index contributed by atoms with van der Waals surface area (Å²) in [6, 6.07) is -3.02. The Morgan fingerprint density at radius 3 is 1.56 bits per heavy atom. The van der Waals surface area contributed by atoms with Crippen molar-refractivity contribution in [3.63, 3.8) is 0 Å². The van der Waals surface area contributed by atoms with Gasteiger partial charge in [-0.25, -0.2) is 4.79 Å². The van der Waals surface area contributed by atoms with Crippen molar-refractivity contribution in [1.29, 1.82) is 0 Å². The molecule has 0 bridgehead atoms. The predicted molar refractivity (Wildman–Crippen MR) is 301 cm³/mol. The molecule has 0 aliphatic heterocycles. The van der Waals surface area contributed by atoms with Crippen LogP contribution in [0, 0.1) is 17.8 Å². The lowest BCUT2D eigenvalue weighted by Gasteiger charge is -2.37. The quantitative estimate of drug-likeness (QED) is 0.0518. The Hall–Kier alpha value is -6.73. The van der Waals surface area contributed by atoms with E-state index in [0.29, 0.717) is 12.0 Å². The Kier molecular flexibility index (Phi) is 29.1. The second-order valence-corrected chi connectivity index (χ2v) is 23.0. The first-order chi connectivity index (χ1) is 37.3. The summed E-state index contributed by atoms with van der Waals surface area (Å²) in [5.74, 6) is -10.9. The standard InChI is InChI=1S/C56H94N10O15/c1-19-33(6)46(49(73)58-38(55(79)80)28-44(69)70)66(18)52(76)39(30-81-56(10,11)12)59-47(71)40(25-31(2)3)63(15)43(68)29-61(13)54(78)45(36(9)67)60-48(72)41(26-32(4)5)64(16)53(77)42(27-37-23-21-20-22-24-37)65(17)51(75)35(8)62(14)50(74)34(7)57/h20-24,31-36,38-42,45-46,67H,19,25-30,57H2,1-18H3,(H,58,73)(H,59,71)(H,60,72)(H,69,70)(H,79,80)/t33-,34-,35-,36+,38-,39-,40-,41-,42-,45-,46-/m0/s1. The van der Waals surface area contributed by atoms with E-state index in [9.17, 15) is 68.1 Å². The van der Waals surface area contributed by atoms with Gasteiger partial charge in [0, 0.05) is 48.7 Å². The van der Waals surface area contributed by atoms with Gasteiger partial charge >= 0.3 is 11.9 Å². The van der Waals surface area contributed by atoms with Crippen LogP contribution in [-0.4, -0.2) is 231 Å². The molecule has 458 valence electrons. The highest BCUT2D eigenvalue weighted by Crippen LogP contribution is 2.21. The molecule has 0 aliphatic carbocycles. The lowest BCUT2D eigenvalue weighted by Crippen LogP contribution is -2.61. The molecule has 1 aromatic rings. The van der Waals surface area contributed by atoms with Crippen LogP contribution in [0.3, 0.4) is 0 Å². The minimum absolute atomic E-state index is 0.0267. The summed E-state index contributed by atoms with van der Waals surface area (Å²) < 4.78 is 5.95. The zero-order valence-corrected chi connectivity index (χ0v) is 50.8. The van der Waals surface area contributed by atoms with E-state index in [1.807, 2.05) is 13.8 Å². The van der Waals surface area contributed by atoms with Crippen molar-refractivity contribution >= 4 is 65.1 Å². The summed E-state index contributed by atoms with van der Waals surface area (Å²) in [7, 11) is 8.12. The summed E-state index contributed by atoms with van der Waals surface area (Å²) >= 11 is 0. The molecule has 25 heteroatoms. The molecule has 0 aliphatic rings. The fraction of sp³-hybridized carbons (Fsp3) is 0.696. The van der Waals surface area contributed by atoms with E-state index in [1.165, 1.54) is 77.8 Å². The van der Waals surface area contributed by atoms with Gasteiger partial charge in [-0.15, -0.1) is 0 Å². The Balaban J connectivity index is 3.60. The number of ether oxygens (including phenoxy) is 1. The second-order valence-electron chi connectivity index (χ2n) is 23.0. The summed E-state index contributed by atoms with van der Waals surface area (Å²) in [6.45, 7) is 18.9. The number of hydrogen-bond acceptors (Lipinski definition) is 14. The van der Waals surface area contributed by atoms with Crippen LogP contribution in [0.25, 0.3) is 0 Å². The van der Waals surface area contributed by atoms with Gasteiger partial charge in [0.2, 0.25) is 53.2 Å². The molecular formula is C56H94N10O15. The largest absolute Gasteiger partial charge is 0.481 e. The highest BCUT2D eigenvalue weighted by atomic mass is 16.5. The summed E-state index contributed by atoms with van der Waals surface area (Å²) in [5.41, 5.74) is 5.67. The highest BCUT2D eigenvalue weighted by molar-refractivity contribution is 5.98. The van der Waals surface area contributed by atoms with Gasteiger partial charge in [0.1, 0.15) is 48.3 Å². The Bertz CT molecular complexity index is 2330. The third kappa shape index (κ3) is 22.3. The Labute approximate surface area is 477 Å². The monoisotopic (exact) mass is 1150 g/mol. The maximum atomic E-state index is 14.7. The molecule has 0 radical (unpaired) electrons. The molecule has 0 saturated carbocycles. The fourth-order valence-corrected chi connectivity index (χ4v) is 8.79. The third-order valence-electron chi connectivity index (χ3n) is 14.0. The average molecular weight is 1150 g/mol. The number of rotatable bonds is 32. The first-order valence-corrected chi connectivity index (χ1v) is 27.4. The normalized spacial score (nSPS) is 15.6. The number of likely N-dealkylation sites (N-methyl/N-ethyl adjacent to an activating group) is 6. The molecule has 25 nitrogen and oxygen atoms in total. The lowest BCUT2D eigenvalue weighted by molar-refractivity contribution is -0.152. The molecule has 0 saturated heterocycles. The molecule has 0 spiro atoms. The fourth-order valence-electron chi connectivity index (χ4n) is 8.79. The van der Waals surface area contributed by atoms with Crippen LogP contribution in [0.4, 0.5) is 0 Å². The molecular weight excluding hydrogens is 1050 g/mol. The van der Waals surface area contributed by atoms with Crippen LogP contribution < -0.4 is 21.7 Å². The molecule has 8 N–H and O–H groups in total. The highest BCUT2D eigenvalue weighted by Gasteiger charge is 2.42. The molecule has 0 heterocycles. The van der Waals surface area contributed by atoms with Gasteiger partial charge in [-0.05, 0) is 77.7 Å². The van der Waals surface area contributed by atoms with Gasteiger partial charge in [0.05, 0.1) is 37.3 Å². The number of nitrogens with one attached hydrogen (secondary N) is 3. The van der Waals surface area contributed by atoms with E-state index in [2.05, 4.69) is 16.0 Å². The molecule has 9 amide bonds. The number of carbonyl (C=O) groups is 11. The third-order valence-corrected chi connectivity index (χ3v) is 14.0. The van der Waals surface area contributed by atoms with Crippen molar-refractivity contribution in [2.75, 3.05) is 55.4 Å². The van der Waals surface area contributed by atoms with Gasteiger partial charge in [0.15, 0.2) is 0 Å². The average Bonchev–Trinajstić information content (AvgIpc) is 3.39. The number of benzene rings is 1. The van der Waals surface area contributed by atoms with Gasteiger partial charge in [-0.1, -0.05) is 78.3 Å². The lowest BCUT2D eigenvalue weighted by atomic mass is 9.95. The molecule has 0 fully saturated rings. The minimum atomic E-state index is -1.81. The van der Waals surface area contributed by atoms with Crippen LogP contribution in [0.2, 0.25) is 0 Å². The summed E-state index contributed by atoms with van der Waals surface area (Å²) in [6.07, 6.45) is -2.00. The maximum absolute atomic E-state index is 14.7. The number of amides is 9. The zero-order chi connectivity index (χ0) is 62.7. The summed E-state index contributed by atoms with van der Waals surface area (Å²) in [5, 5.41) is 37.5. The van der Waals surface area contributed by atoms with Crippen molar-refractivity contribution in [3.05, 3.63) is 35.9 Å². The number of nitrogens with zero attached hydrogens (tertiary/aromatic N) is 6. The van der Waals surface area contributed by atoms with E-state index in [0.717, 1.165) is 14.7 Å². The number of hydrogen-bond donors (Lipinski definition) is 7. The van der Waals surface area contributed by atoms with E-state index in [-0.39, 0.29) is 31.1 Å². The van der Waals surface area contributed by atoms with E-state index < -0.39 is 157 Å². The first kappa shape index (κ1) is 72.3. The van der Waals surface area contributed by atoms with Crippen molar-refractivity contribution in [2.24, 2.45) is 23.5 Å². The van der Waals surface area contributed by atoms with Crippen LogP contribution in [0.5, 0.6) is 0 Å². The van der Waals surface area contributed by atoms with E-state index >= 15 is 0 Å². The van der Waals surface area contributed by atoms with Gasteiger partial charge in [-0.3, -0.25) is 47.9 Å².